The van der Waals surface area contributed by atoms with Crippen LogP contribution in [0.15, 0.2) is 58.0 Å². The molecule has 2 aromatic carbocycles. The average molecular weight is 656 g/mol. The Balaban J connectivity index is 1.02. The number of imidazole rings is 1. The zero-order chi connectivity index (χ0) is 32.3. The molecule has 0 bridgehead atoms. The van der Waals surface area contributed by atoms with Crippen molar-refractivity contribution in [2.75, 3.05) is 13.1 Å². The van der Waals surface area contributed by atoms with Crippen LogP contribution in [0.25, 0.3) is 22.6 Å². The van der Waals surface area contributed by atoms with Crippen molar-refractivity contribution in [1.29, 1.82) is 5.26 Å². The Bertz CT molecular complexity index is 2110. The number of piperidine rings is 1. The maximum absolute atomic E-state index is 14.9. The SMILES string of the molecule is C[C@]1(c2ccc(Cl)cc2F)Oc2cccc(C3CCN(Cc4nc5cc(-c6noc(=O)[nH]6)cnc5n4CC4(C#N)CCC4)CC3)c2O1. The smallest absolute Gasteiger partial charge is 0.439 e. The van der Waals surface area contributed by atoms with Gasteiger partial charge in [-0.2, -0.15) is 5.26 Å². The molecule has 2 fully saturated rings. The number of halogens is 2. The van der Waals surface area contributed by atoms with Gasteiger partial charge in [0.1, 0.15) is 17.2 Å². The largest absolute Gasteiger partial charge is 0.444 e. The van der Waals surface area contributed by atoms with E-state index in [0.717, 1.165) is 56.6 Å². The summed E-state index contributed by atoms with van der Waals surface area (Å²) in [4.78, 5) is 26.1. The second kappa shape index (κ2) is 11.2. The summed E-state index contributed by atoms with van der Waals surface area (Å²) in [5, 5.41) is 14.1. The van der Waals surface area contributed by atoms with Gasteiger partial charge in [-0.15, -0.1) is 0 Å². The highest BCUT2D eigenvalue weighted by Gasteiger charge is 2.43. The molecule has 0 unspecified atom stereocenters. The number of likely N-dealkylation sites (tertiary alicyclic amines) is 1. The second-order valence-electron chi connectivity index (χ2n) is 12.9. The van der Waals surface area contributed by atoms with E-state index in [1.807, 2.05) is 18.2 Å². The number of H-pyrrole nitrogens is 1. The Morgan fingerprint density at radius 1 is 1.17 bits per heavy atom. The van der Waals surface area contributed by atoms with Crippen molar-refractivity contribution in [3.8, 4) is 29.0 Å². The molecule has 0 radical (unpaired) electrons. The van der Waals surface area contributed by atoms with Gasteiger partial charge in [0, 0.05) is 35.8 Å². The maximum Gasteiger partial charge on any atom is 0.439 e. The standard InChI is InChI=1S/C34H31ClFN7O4/c1-33(24-7-6-22(35)15-25(24)36)45-27-5-2-4-23(29(27)46-33)20-8-12-42(13-9-20)17-28-39-26-14-21(30-40-32(44)47-41-30)16-38-31(26)43(28)19-34(18-37)10-3-11-34/h2,4-7,14-16,20H,3,8-13,17,19H2,1H3,(H,40,41,44)/t33-/m0/s1. The van der Waals surface area contributed by atoms with Crippen LogP contribution in [0.5, 0.6) is 11.5 Å². The molecule has 5 heterocycles. The molecule has 13 heteroatoms. The molecule has 3 aliphatic rings. The van der Waals surface area contributed by atoms with Gasteiger partial charge in [0.05, 0.1) is 23.6 Å². The fourth-order valence-corrected chi connectivity index (χ4v) is 7.24. The number of nitriles is 1. The van der Waals surface area contributed by atoms with Crippen LogP contribution < -0.4 is 15.2 Å². The van der Waals surface area contributed by atoms with Crippen molar-refractivity contribution in [2.24, 2.45) is 5.41 Å². The summed E-state index contributed by atoms with van der Waals surface area (Å²) in [5.74, 6) is 0.191. The van der Waals surface area contributed by atoms with Crippen molar-refractivity contribution in [3.05, 3.63) is 87.0 Å². The lowest BCUT2D eigenvalue weighted by molar-refractivity contribution is -0.0712. The fourth-order valence-electron chi connectivity index (χ4n) is 7.08. The van der Waals surface area contributed by atoms with E-state index in [0.29, 0.717) is 46.3 Å². The number of ether oxygens (including phenoxy) is 2. The quantitative estimate of drug-likeness (QED) is 0.215. The number of benzene rings is 2. The highest BCUT2D eigenvalue weighted by Crippen LogP contribution is 2.50. The molecule has 1 saturated carbocycles. The number of aromatic amines is 1. The van der Waals surface area contributed by atoms with Crippen LogP contribution in [-0.2, 0) is 18.9 Å². The Morgan fingerprint density at radius 2 is 2.00 bits per heavy atom. The molecule has 1 aliphatic carbocycles. The van der Waals surface area contributed by atoms with Crippen LogP contribution in [0.1, 0.15) is 61.9 Å². The van der Waals surface area contributed by atoms with Crippen molar-refractivity contribution < 1.29 is 18.4 Å². The molecule has 0 amide bonds. The lowest BCUT2D eigenvalue weighted by atomic mass is 9.70. The minimum atomic E-state index is -1.30. The number of nitrogens with one attached hydrogen (secondary N) is 1. The first-order chi connectivity index (χ1) is 22.7. The average Bonchev–Trinajstić information content (AvgIpc) is 3.73. The Kier molecular flexibility index (Phi) is 7.07. The van der Waals surface area contributed by atoms with Crippen LogP contribution in [-0.4, -0.2) is 42.7 Å². The van der Waals surface area contributed by atoms with Crippen LogP contribution in [0.4, 0.5) is 4.39 Å². The summed E-state index contributed by atoms with van der Waals surface area (Å²) in [6.45, 7) is 4.49. The summed E-state index contributed by atoms with van der Waals surface area (Å²) in [6.07, 6.45) is 6.14. The van der Waals surface area contributed by atoms with Gasteiger partial charge in [0.2, 0.25) is 0 Å². The monoisotopic (exact) mass is 655 g/mol. The summed E-state index contributed by atoms with van der Waals surface area (Å²) in [6, 6.07) is 14.8. The predicted molar refractivity (Wildman–Crippen MR) is 169 cm³/mol. The van der Waals surface area contributed by atoms with Crippen LogP contribution in [0, 0.1) is 22.6 Å². The number of hydrogen-bond acceptors (Lipinski definition) is 9. The number of aromatic nitrogens is 5. The highest BCUT2D eigenvalue weighted by atomic mass is 35.5. The topological polar surface area (TPSA) is 135 Å². The van der Waals surface area contributed by atoms with Crippen molar-refractivity contribution >= 4 is 22.8 Å². The summed E-state index contributed by atoms with van der Waals surface area (Å²) >= 11 is 5.99. The minimum absolute atomic E-state index is 0.228. The van der Waals surface area contributed by atoms with Crippen molar-refractivity contribution in [3.63, 3.8) is 0 Å². The molecule has 1 N–H and O–H groups in total. The van der Waals surface area contributed by atoms with Gasteiger partial charge in [-0.3, -0.25) is 14.4 Å². The lowest BCUT2D eigenvalue weighted by Crippen LogP contribution is -2.36. The summed E-state index contributed by atoms with van der Waals surface area (Å²) in [7, 11) is 0. The molecule has 2 aliphatic heterocycles. The van der Waals surface area contributed by atoms with E-state index in [9.17, 15) is 14.4 Å². The maximum atomic E-state index is 14.9. The number of nitrogens with zero attached hydrogens (tertiary/aromatic N) is 6. The van der Waals surface area contributed by atoms with Crippen molar-refractivity contribution in [1.82, 2.24) is 29.6 Å². The Hall–Kier alpha value is -4.73. The molecule has 240 valence electrons. The molecule has 1 saturated heterocycles. The van der Waals surface area contributed by atoms with E-state index in [-0.39, 0.29) is 17.3 Å². The summed E-state index contributed by atoms with van der Waals surface area (Å²) < 4.78 is 34.2. The third-order valence-corrected chi connectivity index (χ3v) is 10.0. The van der Waals surface area contributed by atoms with Crippen LogP contribution in [0.3, 0.4) is 0 Å². The molecule has 0 spiro atoms. The van der Waals surface area contributed by atoms with E-state index in [2.05, 4.69) is 36.3 Å². The van der Waals surface area contributed by atoms with Gasteiger partial charge in [0.15, 0.2) is 23.0 Å². The fraction of sp³-hybridized carbons (Fsp3) is 0.382. The first kappa shape index (κ1) is 29.7. The molecule has 47 heavy (non-hydrogen) atoms. The predicted octanol–water partition coefficient (Wildman–Crippen LogP) is 6.28. The van der Waals surface area contributed by atoms with E-state index < -0.39 is 22.8 Å². The second-order valence-corrected chi connectivity index (χ2v) is 13.3. The van der Waals surface area contributed by atoms with Gasteiger partial charge in [-0.25, -0.2) is 19.2 Å². The number of fused-ring (bicyclic) bond motifs is 2. The Morgan fingerprint density at radius 3 is 2.70 bits per heavy atom. The van der Waals surface area contributed by atoms with Gasteiger partial charge >= 0.3 is 5.76 Å². The summed E-state index contributed by atoms with van der Waals surface area (Å²) in [5.41, 5.74) is 2.88. The third-order valence-electron chi connectivity index (χ3n) is 9.81. The van der Waals surface area contributed by atoms with Gasteiger partial charge in [-0.1, -0.05) is 35.3 Å². The lowest BCUT2D eigenvalue weighted by Gasteiger charge is -2.36. The van der Waals surface area contributed by atoms with E-state index in [1.54, 1.807) is 25.3 Å². The normalized spacial score (nSPS) is 20.7. The van der Waals surface area contributed by atoms with Crippen LogP contribution >= 0.6 is 11.6 Å². The number of pyridine rings is 1. The van der Waals surface area contributed by atoms with E-state index >= 15 is 0 Å². The first-order valence-corrected chi connectivity index (χ1v) is 16.1. The molecule has 3 aromatic heterocycles. The third kappa shape index (κ3) is 5.23. The number of rotatable bonds is 7. The molecule has 5 aromatic rings. The van der Waals surface area contributed by atoms with Crippen molar-refractivity contribution in [2.45, 2.75) is 63.8 Å². The zero-order valence-electron chi connectivity index (χ0n) is 25.6. The molecule has 8 rings (SSSR count). The molecular formula is C34H31ClFN7O4. The highest BCUT2D eigenvalue weighted by molar-refractivity contribution is 6.30. The van der Waals surface area contributed by atoms with Gasteiger partial charge in [0.25, 0.3) is 5.79 Å². The first-order valence-electron chi connectivity index (χ1n) is 15.7. The number of para-hydroxylation sites is 1. The van der Waals surface area contributed by atoms with Gasteiger partial charge < -0.3 is 14.0 Å². The van der Waals surface area contributed by atoms with E-state index in [4.69, 9.17) is 31.0 Å². The minimum Gasteiger partial charge on any atom is -0.444 e. The zero-order valence-corrected chi connectivity index (χ0v) is 26.4. The Labute approximate surface area is 273 Å². The van der Waals surface area contributed by atoms with Crippen LogP contribution in [0.2, 0.25) is 5.02 Å². The molecule has 1 atom stereocenters. The van der Waals surface area contributed by atoms with Gasteiger partial charge in [-0.05, 0) is 75.0 Å². The number of hydrogen-bond donors (Lipinski definition) is 1. The molecular weight excluding hydrogens is 625 g/mol. The molecule has 11 nitrogen and oxygen atoms in total. The van der Waals surface area contributed by atoms with E-state index in [1.165, 1.54) is 6.07 Å².